The number of hydrogen-bond donors (Lipinski definition) is 1. The molecule has 32 heavy (non-hydrogen) atoms. The van der Waals surface area contributed by atoms with Crippen LogP contribution in [0.1, 0.15) is 61.1 Å². The van der Waals surface area contributed by atoms with Gasteiger partial charge in [0.2, 0.25) is 0 Å². The minimum absolute atomic E-state index is 0.0885. The van der Waals surface area contributed by atoms with Gasteiger partial charge in [0.25, 0.3) is 11.5 Å². The summed E-state index contributed by atoms with van der Waals surface area (Å²) < 4.78 is 6.27. The number of nitrogens with one attached hydrogen (secondary N) is 1. The number of carbonyl (C=O) groups is 1. The van der Waals surface area contributed by atoms with E-state index in [-0.39, 0.29) is 17.1 Å². The maximum absolute atomic E-state index is 12.7. The third kappa shape index (κ3) is 4.18. The molecular formula is C25H32N4O3. The predicted molar refractivity (Wildman–Crippen MR) is 122 cm³/mol. The molecule has 2 fully saturated rings. The van der Waals surface area contributed by atoms with E-state index in [1.165, 1.54) is 36.4 Å². The van der Waals surface area contributed by atoms with Crippen LogP contribution in [0.25, 0.3) is 0 Å². The summed E-state index contributed by atoms with van der Waals surface area (Å²) in [4.78, 5) is 34.9. The van der Waals surface area contributed by atoms with E-state index < -0.39 is 0 Å². The van der Waals surface area contributed by atoms with Gasteiger partial charge in [0.1, 0.15) is 17.0 Å². The molecule has 170 valence electrons. The maximum atomic E-state index is 12.7. The second-order valence-electron chi connectivity index (χ2n) is 10.3. The molecule has 1 aromatic carbocycles. The highest BCUT2D eigenvalue weighted by Gasteiger charge is 2.39. The lowest BCUT2D eigenvalue weighted by Gasteiger charge is -2.47. The third-order valence-corrected chi connectivity index (χ3v) is 7.49. The van der Waals surface area contributed by atoms with Crippen LogP contribution in [0, 0.1) is 5.41 Å². The Labute approximate surface area is 188 Å². The van der Waals surface area contributed by atoms with E-state index >= 15 is 0 Å². The summed E-state index contributed by atoms with van der Waals surface area (Å²) >= 11 is 0. The van der Waals surface area contributed by atoms with Gasteiger partial charge in [-0.1, -0.05) is 18.2 Å². The average molecular weight is 437 g/mol. The molecule has 4 heterocycles. The van der Waals surface area contributed by atoms with E-state index in [1.807, 2.05) is 4.90 Å². The van der Waals surface area contributed by atoms with Gasteiger partial charge < -0.3 is 14.6 Å². The van der Waals surface area contributed by atoms with Crippen molar-refractivity contribution < 1.29 is 9.53 Å². The van der Waals surface area contributed by atoms with Gasteiger partial charge in [-0.25, -0.2) is 4.98 Å². The number of fused-ring (bicyclic) bond motifs is 1. The molecule has 2 aromatic rings. The second kappa shape index (κ2) is 8.03. The van der Waals surface area contributed by atoms with Crippen LogP contribution in [0.15, 0.2) is 35.4 Å². The van der Waals surface area contributed by atoms with E-state index in [4.69, 9.17) is 4.74 Å². The summed E-state index contributed by atoms with van der Waals surface area (Å²) in [5.74, 6) is 1.01. The predicted octanol–water partition coefficient (Wildman–Crippen LogP) is 3.00. The van der Waals surface area contributed by atoms with Crippen molar-refractivity contribution in [3.63, 3.8) is 0 Å². The summed E-state index contributed by atoms with van der Waals surface area (Å²) in [6, 6.07) is 6.56. The number of rotatable bonds is 3. The van der Waals surface area contributed by atoms with Gasteiger partial charge in [0, 0.05) is 37.8 Å². The Morgan fingerprint density at radius 1 is 1.12 bits per heavy atom. The number of carbonyl (C=O) groups excluding carboxylic acids is 1. The lowest BCUT2D eigenvalue weighted by Crippen LogP contribution is -2.48. The molecule has 1 spiro atoms. The molecule has 3 aliphatic rings. The minimum atomic E-state index is -0.290. The Morgan fingerprint density at radius 2 is 1.84 bits per heavy atom. The molecule has 1 N–H and O–H groups in total. The highest BCUT2D eigenvalue weighted by molar-refractivity contribution is 5.92. The summed E-state index contributed by atoms with van der Waals surface area (Å²) in [6.45, 7) is 8.95. The summed E-state index contributed by atoms with van der Waals surface area (Å²) in [7, 11) is 0. The van der Waals surface area contributed by atoms with Crippen molar-refractivity contribution in [1.82, 2.24) is 19.8 Å². The Bertz CT molecular complexity index is 1040. The van der Waals surface area contributed by atoms with Crippen LogP contribution < -0.4 is 10.3 Å². The van der Waals surface area contributed by atoms with Crippen LogP contribution in [0.5, 0.6) is 5.75 Å². The van der Waals surface area contributed by atoms with Crippen molar-refractivity contribution >= 4 is 5.91 Å². The van der Waals surface area contributed by atoms with Crippen molar-refractivity contribution in [2.24, 2.45) is 5.41 Å². The number of piperidine rings is 2. The van der Waals surface area contributed by atoms with Crippen molar-refractivity contribution in [1.29, 1.82) is 0 Å². The largest absolute Gasteiger partial charge is 0.487 e. The van der Waals surface area contributed by atoms with Gasteiger partial charge in [-0.2, -0.15) is 0 Å². The lowest BCUT2D eigenvalue weighted by atomic mass is 9.71. The van der Waals surface area contributed by atoms with Crippen LogP contribution in [0.3, 0.4) is 0 Å². The van der Waals surface area contributed by atoms with Gasteiger partial charge >= 0.3 is 0 Å². The number of para-hydroxylation sites is 1. The van der Waals surface area contributed by atoms with E-state index in [2.05, 4.69) is 46.9 Å². The third-order valence-electron chi connectivity index (χ3n) is 7.49. The normalized spacial score (nSPS) is 21.9. The fraction of sp³-hybridized carbons (Fsp3) is 0.560. The lowest BCUT2D eigenvalue weighted by molar-refractivity contribution is 0.0279. The molecule has 0 atom stereocenters. The number of benzene rings is 1. The van der Waals surface area contributed by atoms with Crippen molar-refractivity contribution in [3.8, 4) is 5.75 Å². The molecule has 0 radical (unpaired) electrons. The molecule has 0 aliphatic carbocycles. The molecule has 7 heteroatoms. The minimum Gasteiger partial charge on any atom is -0.487 e. The quantitative estimate of drug-likeness (QED) is 0.800. The first kappa shape index (κ1) is 21.2. The Hall–Kier alpha value is -2.67. The fourth-order valence-corrected chi connectivity index (χ4v) is 5.54. The standard InChI is InChI=1S/C25H32N4O3/c1-24(2)14-18-4-3-5-19(22(18)32-24)17-28-10-6-25(7-11-28)8-12-29(13-9-25)23(31)20-15-27-21(30)16-26-20/h3-5,15-16H,6-14,17H2,1-2H3,(H,27,30). The van der Waals surface area contributed by atoms with E-state index in [9.17, 15) is 9.59 Å². The van der Waals surface area contributed by atoms with Gasteiger partial charge in [-0.3, -0.25) is 14.5 Å². The molecule has 1 amide bonds. The Morgan fingerprint density at radius 3 is 2.53 bits per heavy atom. The molecule has 5 rings (SSSR count). The summed E-state index contributed by atoms with van der Waals surface area (Å²) in [6.07, 6.45) is 7.98. The number of hydrogen-bond acceptors (Lipinski definition) is 5. The zero-order valence-corrected chi connectivity index (χ0v) is 19.0. The fourth-order valence-electron chi connectivity index (χ4n) is 5.54. The van der Waals surface area contributed by atoms with Crippen LogP contribution in [-0.2, 0) is 13.0 Å². The zero-order valence-electron chi connectivity index (χ0n) is 19.0. The first-order valence-electron chi connectivity index (χ1n) is 11.7. The highest BCUT2D eigenvalue weighted by atomic mass is 16.5. The average Bonchev–Trinajstić information content (AvgIpc) is 3.11. The monoisotopic (exact) mass is 436 g/mol. The van der Waals surface area contributed by atoms with Gasteiger partial charge in [0.15, 0.2) is 0 Å². The van der Waals surface area contributed by atoms with E-state index in [0.717, 1.165) is 57.7 Å². The molecule has 2 saturated heterocycles. The van der Waals surface area contributed by atoms with Crippen LogP contribution >= 0.6 is 0 Å². The van der Waals surface area contributed by atoms with Crippen molar-refractivity contribution in [2.75, 3.05) is 26.2 Å². The molecule has 0 saturated carbocycles. The molecule has 0 unspecified atom stereocenters. The molecular weight excluding hydrogens is 404 g/mol. The maximum Gasteiger partial charge on any atom is 0.273 e. The highest BCUT2D eigenvalue weighted by Crippen LogP contribution is 2.43. The number of ether oxygens (including phenoxy) is 1. The van der Waals surface area contributed by atoms with Crippen LogP contribution in [0.2, 0.25) is 0 Å². The number of likely N-dealkylation sites (tertiary alicyclic amines) is 2. The Balaban J connectivity index is 1.16. The zero-order chi connectivity index (χ0) is 22.3. The van der Waals surface area contributed by atoms with Gasteiger partial charge in [-0.05, 0) is 63.6 Å². The van der Waals surface area contributed by atoms with E-state index in [0.29, 0.717) is 11.1 Å². The first-order valence-corrected chi connectivity index (χ1v) is 11.7. The van der Waals surface area contributed by atoms with Crippen LogP contribution in [0.4, 0.5) is 0 Å². The van der Waals surface area contributed by atoms with Crippen LogP contribution in [-0.4, -0.2) is 57.5 Å². The summed E-state index contributed by atoms with van der Waals surface area (Å²) in [5, 5.41) is 0. The first-order chi connectivity index (χ1) is 15.3. The van der Waals surface area contributed by atoms with Crippen molar-refractivity contribution in [2.45, 2.75) is 58.1 Å². The SMILES string of the molecule is CC1(C)Cc2cccc(CN3CCC4(CC3)CCN(C(=O)c3c[nH]c(=O)cn3)CC4)c2O1. The smallest absolute Gasteiger partial charge is 0.273 e. The summed E-state index contributed by atoms with van der Waals surface area (Å²) in [5.41, 5.74) is 2.88. The molecule has 1 aromatic heterocycles. The number of amides is 1. The number of nitrogens with zero attached hydrogens (tertiary/aromatic N) is 3. The topological polar surface area (TPSA) is 78.5 Å². The van der Waals surface area contributed by atoms with Gasteiger partial charge in [-0.15, -0.1) is 0 Å². The number of aromatic amines is 1. The Kier molecular flexibility index (Phi) is 5.32. The van der Waals surface area contributed by atoms with E-state index in [1.54, 1.807) is 0 Å². The molecule has 0 bridgehead atoms. The molecule has 7 nitrogen and oxygen atoms in total. The van der Waals surface area contributed by atoms with Crippen molar-refractivity contribution in [3.05, 3.63) is 57.8 Å². The number of H-pyrrole nitrogens is 1. The second-order valence-corrected chi connectivity index (χ2v) is 10.3. The number of aromatic nitrogens is 2. The molecule has 3 aliphatic heterocycles. The van der Waals surface area contributed by atoms with Gasteiger partial charge in [0.05, 0.1) is 6.20 Å².